The molecule has 4 amide bonds. The molecular formula is C19H33N5O3. The van der Waals surface area contributed by atoms with Crippen molar-refractivity contribution in [1.29, 1.82) is 0 Å². The summed E-state index contributed by atoms with van der Waals surface area (Å²) in [5.41, 5.74) is -0.860. The molecule has 2 atom stereocenters. The summed E-state index contributed by atoms with van der Waals surface area (Å²) in [6, 6.07) is -0.442. The Labute approximate surface area is 161 Å². The van der Waals surface area contributed by atoms with Crippen LogP contribution in [0.1, 0.15) is 40.0 Å². The van der Waals surface area contributed by atoms with E-state index < -0.39 is 11.6 Å². The van der Waals surface area contributed by atoms with Gasteiger partial charge in [-0.05, 0) is 30.6 Å². The Kier molecular flexibility index (Phi) is 5.76. The van der Waals surface area contributed by atoms with Gasteiger partial charge in [0.15, 0.2) is 0 Å². The van der Waals surface area contributed by atoms with Crippen molar-refractivity contribution in [1.82, 2.24) is 25.8 Å². The molecule has 3 fully saturated rings. The first-order chi connectivity index (χ1) is 12.7. The lowest BCUT2D eigenvalue weighted by Crippen LogP contribution is -2.54. The molecule has 27 heavy (non-hydrogen) atoms. The number of nitrogens with one attached hydrogen (secondary N) is 3. The fourth-order valence-corrected chi connectivity index (χ4v) is 5.14. The average Bonchev–Trinajstić information content (AvgIpc) is 2.77. The van der Waals surface area contributed by atoms with Crippen LogP contribution in [-0.2, 0) is 9.59 Å². The van der Waals surface area contributed by atoms with E-state index in [1.165, 1.54) is 0 Å². The molecule has 8 nitrogen and oxygen atoms in total. The molecule has 2 unspecified atom stereocenters. The molecule has 3 rings (SSSR count). The molecule has 2 aliphatic heterocycles. The molecule has 3 N–H and O–H groups in total. The van der Waals surface area contributed by atoms with E-state index in [1.54, 1.807) is 0 Å². The van der Waals surface area contributed by atoms with Crippen LogP contribution in [-0.4, -0.2) is 79.0 Å². The molecule has 1 spiro atoms. The highest BCUT2D eigenvalue weighted by atomic mass is 16.2. The van der Waals surface area contributed by atoms with E-state index in [1.807, 2.05) is 0 Å². The van der Waals surface area contributed by atoms with E-state index in [0.717, 1.165) is 44.0 Å². The van der Waals surface area contributed by atoms with Gasteiger partial charge in [-0.3, -0.25) is 19.4 Å². The summed E-state index contributed by atoms with van der Waals surface area (Å²) < 4.78 is 0. The molecule has 8 heteroatoms. The van der Waals surface area contributed by atoms with Crippen molar-refractivity contribution in [3.63, 3.8) is 0 Å². The average molecular weight is 380 g/mol. The lowest BCUT2D eigenvalue weighted by molar-refractivity contribution is -0.137. The SMILES string of the molecule is CC1CC(C)(C)CC2(C1)NC(=O)N(CC(=O)NCCN1CCNCC1)C2=O. The first-order valence-corrected chi connectivity index (χ1v) is 10.0. The molecular weight excluding hydrogens is 346 g/mol. The Morgan fingerprint density at radius 1 is 1.22 bits per heavy atom. The van der Waals surface area contributed by atoms with Crippen molar-refractivity contribution >= 4 is 17.8 Å². The lowest BCUT2D eigenvalue weighted by Gasteiger charge is -2.43. The Morgan fingerprint density at radius 3 is 2.59 bits per heavy atom. The molecule has 1 saturated carbocycles. The maximum atomic E-state index is 13.0. The van der Waals surface area contributed by atoms with Crippen LogP contribution in [0.5, 0.6) is 0 Å². The Balaban J connectivity index is 1.53. The second-order valence-electron chi connectivity index (χ2n) is 9.20. The van der Waals surface area contributed by atoms with Crippen LogP contribution in [0.25, 0.3) is 0 Å². The van der Waals surface area contributed by atoms with Crippen LogP contribution < -0.4 is 16.0 Å². The van der Waals surface area contributed by atoms with Gasteiger partial charge in [-0.2, -0.15) is 0 Å². The van der Waals surface area contributed by atoms with Crippen LogP contribution in [0.15, 0.2) is 0 Å². The number of rotatable bonds is 5. The zero-order valence-electron chi connectivity index (χ0n) is 16.8. The van der Waals surface area contributed by atoms with Crippen molar-refractivity contribution in [3.8, 4) is 0 Å². The van der Waals surface area contributed by atoms with E-state index in [-0.39, 0.29) is 23.8 Å². The maximum Gasteiger partial charge on any atom is 0.325 e. The van der Waals surface area contributed by atoms with Crippen molar-refractivity contribution in [3.05, 3.63) is 0 Å². The van der Waals surface area contributed by atoms with E-state index in [2.05, 4.69) is 41.6 Å². The van der Waals surface area contributed by atoms with E-state index in [0.29, 0.717) is 25.3 Å². The third-order valence-corrected chi connectivity index (χ3v) is 5.89. The number of amides is 4. The minimum absolute atomic E-state index is 0.0117. The monoisotopic (exact) mass is 379 g/mol. The lowest BCUT2D eigenvalue weighted by atomic mass is 9.64. The summed E-state index contributed by atoms with van der Waals surface area (Å²) >= 11 is 0. The van der Waals surface area contributed by atoms with Gasteiger partial charge in [-0.15, -0.1) is 0 Å². The molecule has 0 aromatic heterocycles. The Hall–Kier alpha value is -1.67. The predicted octanol–water partition coefficient (Wildman–Crippen LogP) is 0.145. The van der Waals surface area contributed by atoms with Crippen LogP contribution in [0.3, 0.4) is 0 Å². The van der Waals surface area contributed by atoms with Crippen LogP contribution in [0.4, 0.5) is 4.79 Å². The zero-order valence-corrected chi connectivity index (χ0v) is 16.8. The summed E-state index contributed by atoms with van der Waals surface area (Å²) in [6.07, 6.45) is 2.29. The predicted molar refractivity (Wildman–Crippen MR) is 102 cm³/mol. The molecule has 2 heterocycles. The third kappa shape index (κ3) is 4.60. The summed E-state index contributed by atoms with van der Waals surface area (Å²) in [5.74, 6) is -0.177. The highest BCUT2D eigenvalue weighted by Crippen LogP contribution is 2.46. The van der Waals surface area contributed by atoms with Gasteiger partial charge in [-0.1, -0.05) is 20.8 Å². The smallest absolute Gasteiger partial charge is 0.325 e. The van der Waals surface area contributed by atoms with Gasteiger partial charge in [-0.25, -0.2) is 4.79 Å². The van der Waals surface area contributed by atoms with Gasteiger partial charge in [0.2, 0.25) is 5.91 Å². The summed E-state index contributed by atoms with van der Waals surface area (Å²) in [4.78, 5) is 41.1. The second-order valence-corrected chi connectivity index (χ2v) is 9.20. The first kappa shape index (κ1) is 20.1. The van der Waals surface area contributed by atoms with Crippen molar-refractivity contribution in [2.45, 2.75) is 45.6 Å². The fraction of sp³-hybridized carbons (Fsp3) is 0.842. The summed E-state index contributed by atoms with van der Waals surface area (Å²) in [6.45, 7) is 11.4. The van der Waals surface area contributed by atoms with Crippen LogP contribution in [0, 0.1) is 11.3 Å². The minimum atomic E-state index is -0.848. The van der Waals surface area contributed by atoms with Crippen molar-refractivity contribution in [2.75, 3.05) is 45.8 Å². The fourth-order valence-electron chi connectivity index (χ4n) is 5.14. The highest BCUT2D eigenvalue weighted by Gasteiger charge is 2.56. The third-order valence-electron chi connectivity index (χ3n) is 5.89. The molecule has 0 radical (unpaired) electrons. The highest BCUT2D eigenvalue weighted by molar-refractivity contribution is 6.09. The number of piperazine rings is 1. The molecule has 2 saturated heterocycles. The maximum absolute atomic E-state index is 13.0. The number of hydrogen-bond donors (Lipinski definition) is 3. The second kappa shape index (κ2) is 7.75. The van der Waals surface area contributed by atoms with Gasteiger partial charge < -0.3 is 16.0 Å². The largest absolute Gasteiger partial charge is 0.353 e. The van der Waals surface area contributed by atoms with Crippen LogP contribution in [0.2, 0.25) is 0 Å². The number of hydrogen-bond acceptors (Lipinski definition) is 5. The number of urea groups is 1. The minimum Gasteiger partial charge on any atom is -0.353 e. The standard InChI is InChI=1S/C19H33N5O3/c1-14-10-18(2,3)13-19(11-14)16(26)24(17(27)22-19)12-15(25)21-6-9-23-7-4-20-5-8-23/h14,20H,4-13H2,1-3H3,(H,21,25)(H,22,27). The molecule has 0 bridgehead atoms. The normalized spacial score (nSPS) is 31.2. The van der Waals surface area contributed by atoms with Gasteiger partial charge in [0.05, 0.1) is 0 Å². The molecule has 0 aromatic carbocycles. The van der Waals surface area contributed by atoms with Crippen molar-refractivity contribution in [2.24, 2.45) is 11.3 Å². The Morgan fingerprint density at radius 2 is 1.93 bits per heavy atom. The van der Waals surface area contributed by atoms with Crippen LogP contribution >= 0.6 is 0 Å². The number of carbonyl (C=O) groups is 3. The topological polar surface area (TPSA) is 93.8 Å². The van der Waals surface area contributed by atoms with Gasteiger partial charge in [0.1, 0.15) is 12.1 Å². The molecule has 1 aliphatic carbocycles. The van der Waals surface area contributed by atoms with Gasteiger partial charge >= 0.3 is 6.03 Å². The first-order valence-electron chi connectivity index (χ1n) is 10.0. The van der Waals surface area contributed by atoms with E-state index in [9.17, 15) is 14.4 Å². The number of imide groups is 1. The zero-order chi connectivity index (χ0) is 19.7. The quantitative estimate of drug-likeness (QED) is 0.591. The Bertz CT molecular complexity index is 602. The van der Waals surface area contributed by atoms with Crippen molar-refractivity contribution < 1.29 is 14.4 Å². The molecule has 3 aliphatic rings. The van der Waals surface area contributed by atoms with Gasteiger partial charge in [0, 0.05) is 39.3 Å². The van der Waals surface area contributed by atoms with E-state index in [4.69, 9.17) is 0 Å². The van der Waals surface area contributed by atoms with E-state index >= 15 is 0 Å². The summed E-state index contributed by atoms with van der Waals surface area (Å²) in [7, 11) is 0. The number of nitrogens with zero attached hydrogens (tertiary/aromatic N) is 2. The molecule has 0 aromatic rings. The van der Waals surface area contributed by atoms with Gasteiger partial charge in [0.25, 0.3) is 5.91 Å². The molecule has 152 valence electrons. The summed E-state index contributed by atoms with van der Waals surface area (Å²) in [5, 5.41) is 9.04. The number of carbonyl (C=O) groups excluding carboxylic acids is 3.